The van der Waals surface area contributed by atoms with Crippen molar-refractivity contribution >= 4 is 22.9 Å². The Balaban J connectivity index is 1.39. The van der Waals surface area contributed by atoms with E-state index in [2.05, 4.69) is 15.0 Å². The average molecular weight is 488 g/mol. The normalized spacial score (nSPS) is 14.7. The van der Waals surface area contributed by atoms with Crippen LogP contribution in [0.3, 0.4) is 0 Å². The van der Waals surface area contributed by atoms with Crippen LogP contribution in [-0.4, -0.2) is 54.4 Å². The molecule has 1 amide bonds. The fourth-order valence-electron chi connectivity index (χ4n) is 4.25. The molecule has 5 rings (SSSR count). The van der Waals surface area contributed by atoms with Crippen molar-refractivity contribution in [1.82, 2.24) is 29.6 Å². The topological polar surface area (TPSA) is 121 Å². The lowest BCUT2D eigenvalue weighted by molar-refractivity contribution is 0.0186. The van der Waals surface area contributed by atoms with E-state index >= 15 is 0 Å². The van der Waals surface area contributed by atoms with Crippen LogP contribution in [0, 0.1) is 0 Å². The molecular formula is C26H29N7O3. The van der Waals surface area contributed by atoms with Gasteiger partial charge in [-0.05, 0) is 57.9 Å². The standard InChI is InChI=1S/C26H29N7O3/c1-26(2,3)36-25(34)32-13-11-17(12-14-32)33-24-21(23(27)29-16-30-24)22(31-33)20-10-9-19(15-28-20)35-18-7-5-4-6-8-18/h4-10,15-17H,11-14H2,1-3H3,(H2,27,29,30). The number of nitrogens with two attached hydrogens (primary N) is 1. The molecule has 1 aliphatic rings. The lowest BCUT2D eigenvalue weighted by Gasteiger charge is -2.33. The monoisotopic (exact) mass is 487 g/mol. The second-order valence-electron chi connectivity index (χ2n) is 9.74. The predicted molar refractivity (Wildman–Crippen MR) is 136 cm³/mol. The summed E-state index contributed by atoms with van der Waals surface area (Å²) in [5, 5.41) is 5.55. The van der Waals surface area contributed by atoms with Gasteiger partial charge in [0.25, 0.3) is 0 Å². The quantitative estimate of drug-likeness (QED) is 0.434. The molecule has 0 aliphatic carbocycles. The maximum Gasteiger partial charge on any atom is 0.410 e. The van der Waals surface area contributed by atoms with E-state index in [0.29, 0.717) is 47.1 Å². The number of nitrogens with zero attached hydrogens (tertiary/aromatic N) is 6. The molecule has 0 bridgehead atoms. The molecule has 3 aromatic heterocycles. The van der Waals surface area contributed by atoms with Crippen LogP contribution in [0.25, 0.3) is 22.4 Å². The minimum absolute atomic E-state index is 0.0509. The number of amides is 1. The summed E-state index contributed by atoms with van der Waals surface area (Å²) in [5.41, 5.74) is 7.65. The first-order chi connectivity index (χ1) is 17.3. The summed E-state index contributed by atoms with van der Waals surface area (Å²) in [6.45, 7) is 6.75. The molecule has 36 heavy (non-hydrogen) atoms. The Morgan fingerprint density at radius 3 is 2.42 bits per heavy atom. The van der Waals surface area contributed by atoms with Crippen LogP contribution >= 0.6 is 0 Å². The first-order valence-corrected chi connectivity index (χ1v) is 11.9. The van der Waals surface area contributed by atoms with Gasteiger partial charge in [0.2, 0.25) is 0 Å². The summed E-state index contributed by atoms with van der Waals surface area (Å²) >= 11 is 0. The highest BCUT2D eigenvalue weighted by molar-refractivity contribution is 5.97. The van der Waals surface area contributed by atoms with Gasteiger partial charge in [0.1, 0.15) is 34.9 Å². The number of likely N-dealkylation sites (tertiary alicyclic amines) is 1. The molecule has 10 heteroatoms. The minimum atomic E-state index is -0.524. The first kappa shape index (κ1) is 23.5. The third-order valence-corrected chi connectivity index (χ3v) is 5.94. The molecule has 186 valence electrons. The number of nitrogen functional groups attached to an aromatic ring is 1. The second-order valence-corrected chi connectivity index (χ2v) is 9.74. The largest absolute Gasteiger partial charge is 0.456 e. The van der Waals surface area contributed by atoms with Crippen molar-refractivity contribution in [1.29, 1.82) is 0 Å². The highest BCUT2D eigenvalue weighted by Crippen LogP contribution is 2.34. The zero-order valence-corrected chi connectivity index (χ0v) is 20.6. The number of benzene rings is 1. The lowest BCUT2D eigenvalue weighted by Crippen LogP contribution is -2.42. The number of pyridine rings is 1. The first-order valence-electron chi connectivity index (χ1n) is 11.9. The number of carbonyl (C=O) groups excluding carboxylic acids is 1. The summed E-state index contributed by atoms with van der Waals surface area (Å²) in [4.78, 5) is 27.5. The fraction of sp³-hybridized carbons (Fsp3) is 0.346. The van der Waals surface area contributed by atoms with E-state index in [1.54, 1.807) is 11.1 Å². The van der Waals surface area contributed by atoms with Gasteiger partial charge < -0.3 is 20.1 Å². The van der Waals surface area contributed by atoms with Gasteiger partial charge in [-0.15, -0.1) is 0 Å². The minimum Gasteiger partial charge on any atom is -0.456 e. The predicted octanol–water partition coefficient (Wildman–Crippen LogP) is 4.83. The van der Waals surface area contributed by atoms with Crippen molar-refractivity contribution in [3.8, 4) is 22.9 Å². The lowest BCUT2D eigenvalue weighted by atomic mass is 10.1. The fourth-order valence-corrected chi connectivity index (χ4v) is 4.25. The van der Waals surface area contributed by atoms with Gasteiger partial charge in [-0.1, -0.05) is 18.2 Å². The Morgan fingerprint density at radius 1 is 1.00 bits per heavy atom. The number of anilines is 1. The number of para-hydroxylation sites is 1. The van der Waals surface area contributed by atoms with Crippen molar-refractivity contribution in [2.45, 2.75) is 45.3 Å². The summed E-state index contributed by atoms with van der Waals surface area (Å²) in [6, 6.07) is 13.3. The van der Waals surface area contributed by atoms with Crippen LogP contribution < -0.4 is 10.5 Å². The van der Waals surface area contributed by atoms with Crippen molar-refractivity contribution < 1.29 is 14.3 Å². The molecule has 0 atom stereocenters. The van der Waals surface area contributed by atoms with E-state index in [0.717, 1.165) is 18.6 Å². The molecule has 2 N–H and O–H groups in total. The smallest absolute Gasteiger partial charge is 0.410 e. The highest BCUT2D eigenvalue weighted by Gasteiger charge is 2.30. The van der Waals surface area contributed by atoms with E-state index in [-0.39, 0.29) is 12.1 Å². The molecule has 1 saturated heterocycles. The molecule has 1 aromatic carbocycles. The van der Waals surface area contributed by atoms with Crippen molar-refractivity contribution in [2.24, 2.45) is 0 Å². The molecule has 0 unspecified atom stereocenters. The van der Waals surface area contributed by atoms with E-state index in [1.807, 2.05) is 67.9 Å². The van der Waals surface area contributed by atoms with Crippen molar-refractivity contribution in [3.05, 3.63) is 55.0 Å². The molecule has 4 aromatic rings. The molecule has 4 heterocycles. The van der Waals surface area contributed by atoms with Gasteiger partial charge in [-0.3, -0.25) is 4.98 Å². The van der Waals surface area contributed by atoms with Crippen LogP contribution in [0.4, 0.5) is 10.6 Å². The van der Waals surface area contributed by atoms with Gasteiger partial charge in [0, 0.05) is 13.1 Å². The Bertz CT molecular complexity index is 1360. The number of carbonyl (C=O) groups is 1. The molecule has 10 nitrogen and oxygen atoms in total. The molecule has 0 radical (unpaired) electrons. The Kier molecular flexibility index (Phi) is 6.17. The van der Waals surface area contributed by atoms with Gasteiger partial charge in [-0.2, -0.15) is 5.10 Å². The third-order valence-electron chi connectivity index (χ3n) is 5.94. The van der Waals surface area contributed by atoms with Gasteiger partial charge >= 0.3 is 6.09 Å². The summed E-state index contributed by atoms with van der Waals surface area (Å²) in [7, 11) is 0. The average Bonchev–Trinajstić information content (AvgIpc) is 3.25. The zero-order valence-electron chi connectivity index (χ0n) is 20.6. The molecule has 1 aliphatic heterocycles. The van der Waals surface area contributed by atoms with Gasteiger partial charge in [0.05, 0.1) is 23.3 Å². The maximum atomic E-state index is 12.5. The van der Waals surface area contributed by atoms with E-state index in [4.69, 9.17) is 20.3 Å². The van der Waals surface area contributed by atoms with Crippen LogP contribution in [0.5, 0.6) is 11.5 Å². The number of hydrogen-bond donors (Lipinski definition) is 1. The number of ether oxygens (including phenoxy) is 2. The van der Waals surface area contributed by atoms with E-state index in [1.165, 1.54) is 6.33 Å². The highest BCUT2D eigenvalue weighted by atomic mass is 16.6. The van der Waals surface area contributed by atoms with Gasteiger partial charge in [-0.25, -0.2) is 19.4 Å². The number of fused-ring (bicyclic) bond motifs is 1. The third kappa shape index (κ3) is 4.93. The van der Waals surface area contributed by atoms with Crippen LogP contribution in [0.15, 0.2) is 55.0 Å². The Labute approximate surface area is 209 Å². The molecular weight excluding hydrogens is 458 g/mol. The Morgan fingerprint density at radius 2 is 1.75 bits per heavy atom. The SMILES string of the molecule is CC(C)(C)OC(=O)N1CCC(n2nc(-c3ccc(Oc4ccccc4)cn3)c3c(N)ncnc32)CC1. The van der Waals surface area contributed by atoms with Crippen LogP contribution in [0.2, 0.25) is 0 Å². The van der Waals surface area contributed by atoms with E-state index < -0.39 is 5.60 Å². The van der Waals surface area contributed by atoms with E-state index in [9.17, 15) is 4.79 Å². The molecule has 0 spiro atoms. The summed E-state index contributed by atoms with van der Waals surface area (Å²) in [5.74, 6) is 1.70. The number of rotatable bonds is 4. The summed E-state index contributed by atoms with van der Waals surface area (Å²) in [6.07, 6.45) is 4.25. The number of piperidine rings is 1. The van der Waals surface area contributed by atoms with Crippen LogP contribution in [0.1, 0.15) is 39.7 Å². The number of aromatic nitrogens is 5. The van der Waals surface area contributed by atoms with Gasteiger partial charge in [0.15, 0.2) is 5.65 Å². The summed E-state index contributed by atoms with van der Waals surface area (Å²) < 4.78 is 13.3. The number of hydrogen-bond acceptors (Lipinski definition) is 8. The van der Waals surface area contributed by atoms with Crippen LogP contribution in [-0.2, 0) is 4.74 Å². The zero-order chi connectivity index (χ0) is 25.3. The molecule has 1 fully saturated rings. The second kappa shape index (κ2) is 9.44. The van der Waals surface area contributed by atoms with Crippen molar-refractivity contribution in [3.63, 3.8) is 0 Å². The Hall–Kier alpha value is -4.21. The van der Waals surface area contributed by atoms with Crippen molar-refractivity contribution in [2.75, 3.05) is 18.8 Å². The maximum absolute atomic E-state index is 12.5. The molecule has 0 saturated carbocycles.